The molecular formula is C24H27N5O. The molecule has 2 heterocycles. The topological polar surface area (TPSA) is 83.1 Å². The zero-order valence-corrected chi connectivity index (χ0v) is 17.7. The number of hydrogen-bond donors (Lipinski definition) is 1. The third-order valence-electron chi connectivity index (χ3n) is 3.91. The van der Waals surface area contributed by atoms with Crippen molar-refractivity contribution >= 4 is 23.8 Å². The summed E-state index contributed by atoms with van der Waals surface area (Å²) >= 11 is 0. The van der Waals surface area contributed by atoms with Gasteiger partial charge in [-0.3, -0.25) is 0 Å². The standard InChI is InChI=1S/C13H16.C8H7N5.C2H2.CH2O/c1-4-6-12(5-2)13-9-7-11(3)8-10-13;1-10-8-6(4-9)5-11-7-2-3-12-13(7)8;2*1-2/h4-5,7-10H,1,6H2,2-3H3;2-3,5,10H,1H3;1-2H;1H2/b12-5+;;;. The van der Waals surface area contributed by atoms with Crippen molar-refractivity contribution in [1.29, 1.82) is 5.26 Å². The van der Waals surface area contributed by atoms with Crippen LogP contribution in [0, 0.1) is 31.1 Å². The molecule has 0 fully saturated rings. The van der Waals surface area contributed by atoms with E-state index in [2.05, 4.69) is 79.0 Å². The van der Waals surface area contributed by atoms with Crippen molar-refractivity contribution < 1.29 is 4.79 Å². The number of terminal acetylenes is 1. The van der Waals surface area contributed by atoms with Crippen LogP contribution in [0.1, 0.15) is 30.0 Å². The minimum absolute atomic E-state index is 0.485. The smallest absolute Gasteiger partial charge is 0.157 e. The van der Waals surface area contributed by atoms with Crippen molar-refractivity contribution in [2.45, 2.75) is 20.3 Å². The molecule has 0 aliphatic rings. The maximum absolute atomic E-state index is 8.78. The van der Waals surface area contributed by atoms with Gasteiger partial charge in [0.1, 0.15) is 24.2 Å². The summed E-state index contributed by atoms with van der Waals surface area (Å²) in [4.78, 5) is 12.1. The third kappa shape index (κ3) is 7.10. The Labute approximate surface area is 178 Å². The number of benzene rings is 1. The van der Waals surface area contributed by atoms with E-state index in [1.54, 1.807) is 23.8 Å². The molecule has 0 atom stereocenters. The molecule has 0 aliphatic heterocycles. The lowest BCUT2D eigenvalue weighted by molar-refractivity contribution is -0.0979. The van der Waals surface area contributed by atoms with Crippen molar-refractivity contribution in [3.05, 3.63) is 78.1 Å². The van der Waals surface area contributed by atoms with E-state index in [1.165, 1.54) is 22.9 Å². The van der Waals surface area contributed by atoms with Gasteiger partial charge < -0.3 is 10.1 Å². The number of nitrogens with one attached hydrogen (secondary N) is 1. The molecule has 1 N–H and O–H groups in total. The molecule has 0 bridgehead atoms. The zero-order chi connectivity index (χ0) is 22.9. The minimum atomic E-state index is 0.485. The van der Waals surface area contributed by atoms with Crippen LogP contribution in [0.2, 0.25) is 0 Å². The minimum Gasteiger partial charge on any atom is -0.372 e. The van der Waals surface area contributed by atoms with Crippen molar-refractivity contribution in [2.75, 3.05) is 12.4 Å². The summed E-state index contributed by atoms with van der Waals surface area (Å²) in [5.41, 5.74) is 5.16. The number of carbonyl (C=O) groups is 1. The second kappa shape index (κ2) is 14.8. The number of allylic oxidation sites excluding steroid dienone is 3. The van der Waals surface area contributed by atoms with Crippen LogP contribution >= 0.6 is 0 Å². The zero-order valence-electron chi connectivity index (χ0n) is 17.7. The summed E-state index contributed by atoms with van der Waals surface area (Å²) in [6, 6.07) is 12.4. The summed E-state index contributed by atoms with van der Waals surface area (Å²) in [5.74, 6) is 0.664. The molecule has 2 aromatic heterocycles. The number of carbonyl (C=O) groups excluding carboxylic acids is 1. The van der Waals surface area contributed by atoms with Crippen molar-refractivity contribution in [2.24, 2.45) is 0 Å². The van der Waals surface area contributed by atoms with Gasteiger partial charge in [0.25, 0.3) is 0 Å². The summed E-state index contributed by atoms with van der Waals surface area (Å²) in [6.07, 6.45) is 16.2. The van der Waals surface area contributed by atoms with E-state index < -0.39 is 0 Å². The highest BCUT2D eigenvalue weighted by Crippen LogP contribution is 2.18. The molecule has 0 spiro atoms. The monoisotopic (exact) mass is 401 g/mol. The molecule has 0 aliphatic carbocycles. The molecule has 6 heteroatoms. The Morgan fingerprint density at radius 3 is 2.40 bits per heavy atom. The highest BCUT2D eigenvalue weighted by atomic mass is 16.1. The lowest BCUT2D eigenvalue weighted by Crippen LogP contribution is -2.03. The maximum Gasteiger partial charge on any atom is 0.157 e. The average molecular weight is 402 g/mol. The van der Waals surface area contributed by atoms with Gasteiger partial charge in [0.05, 0.1) is 12.4 Å². The SMILES string of the molecule is C#C.C=CC/C(=C\C)c1ccc(C)cc1.C=O.CNc1c(C#N)cnc2ccnn12. The van der Waals surface area contributed by atoms with Crippen LogP contribution in [-0.4, -0.2) is 28.4 Å². The highest BCUT2D eigenvalue weighted by Gasteiger charge is 2.06. The summed E-state index contributed by atoms with van der Waals surface area (Å²) in [6.45, 7) is 9.92. The van der Waals surface area contributed by atoms with Crippen LogP contribution in [-0.2, 0) is 4.79 Å². The predicted molar refractivity (Wildman–Crippen MR) is 124 cm³/mol. The summed E-state index contributed by atoms with van der Waals surface area (Å²) < 4.78 is 1.60. The second-order valence-electron chi connectivity index (χ2n) is 5.66. The Morgan fingerprint density at radius 1 is 1.27 bits per heavy atom. The summed E-state index contributed by atoms with van der Waals surface area (Å²) in [7, 11) is 1.75. The Bertz CT molecular complexity index is 1010. The highest BCUT2D eigenvalue weighted by molar-refractivity contribution is 5.66. The number of aryl methyl sites for hydroxylation is 1. The molecule has 30 heavy (non-hydrogen) atoms. The average Bonchev–Trinajstić information content (AvgIpc) is 3.29. The van der Waals surface area contributed by atoms with Gasteiger partial charge >= 0.3 is 0 Å². The van der Waals surface area contributed by atoms with Gasteiger partial charge in [-0.2, -0.15) is 14.9 Å². The first-order chi connectivity index (χ1) is 14.6. The Balaban J connectivity index is 0.000000481. The number of fused-ring (bicyclic) bond motifs is 1. The van der Waals surface area contributed by atoms with E-state index in [4.69, 9.17) is 10.1 Å². The fraction of sp³-hybridized carbons (Fsp3) is 0.167. The van der Waals surface area contributed by atoms with Crippen LogP contribution in [0.4, 0.5) is 5.82 Å². The van der Waals surface area contributed by atoms with E-state index in [0.29, 0.717) is 11.4 Å². The van der Waals surface area contributed by atoms with Gasteiger partial charge in [-0.05, 0) is 31.4 Å². The van der Waals surface area contributed by atoms with Crippen molar-refractivity contribution in [1.82, 2.24) is 14.6 Å². The number of hydrogen-bond acceptors (Lipinski definition) is 5. The Morgan fingerprint density at radius 2 is 1.90 bits per heavy atom. The molecule has 0 radical (unpaired) electrons. The number of nitriles is 1. The molecule has 6 nitrogen and oxygen atoms in total. The molecule has 0 unspecified atom stereocenters. The molecule has 154 valence electrons. The molecule has 0 amide bonds. The van der Waals surface area contributed by atoms with Crippen LogP contribution in [0.3, 0.4) is 0 Å². The van der Waals surface area contributed by atoms with Gasteiger partial charge in [-0.25, -0.2) is 4.98 Å². The van der Waals surface area contributed by atoms with Gasteiger partial charge in [0, 0.05) is 13.1 Å². The quantitative estimate of drug-likeness (QED) is 0.507. The van der Waals surface area contributed by atoms with E-state index in [0.717, 1.165) is 12.1 Å². The Kier molecular flexibility index (Phi) is 12.8. The largest absolute Gasteiger partial charge is 0.372 e. The normalized spacial score (nSPS) is 9.40. The van der Waals surface area contributed by atoms with Crippen molar-refractivity contribution in [3.8, 4) is 18.9 Å². The van der Waals surface area contributed by atoms with Gasteiger partial charge in [0.2, 0.25) is 0 Å². The van der Waals surface area contributed by atoms with Gasteiger partial charge in [0.15, 0.2) is 5.65 Å². The fourth-order valence-corrected chi connectivity index (χ4v) is 2.52. The van der Waals surface area contributed by atoms with Crippen LogP contribution in [0.5, 0.6) is 0 Å². The van der Waals surface area contributed by atoms with E-state index in [1.807, 2.05) is 18.9 Å². The van der Waals surface area contributed by atoms with Gasteiger partial charge in [-0.1, -0.05) is 42.0 Å². The van der Waals surface area contributed by atoms with Crippen LogP contribution < -0.4 is 5.32 Å². The van der Waals surface area contributed by atoms with E-state index in [9.17, 15) is 0 Å². The van der Waals surface area contributed by atoms with E-state index >= 15 is 0 Å². The maximum atomic E-state index is 8.78. The molecule has 3 rings (SSSR count). The number of rotatable bonds is 4. The first-order valence-electron chi connectivity index (χ1n) is 9.00. The molecule has 0 saturated heterocycles. The lowest BCUT2D eigenvalue weighted by atomic mass is 10.0. The Hall–Kier alpha value is -4.16. The molecule has 0 saturated carbocycles. The first-order valence-corrected chi connectivity index (χ1v) is 9.00. The van der Waals surface area contributed by atoms with Crippen LogP contribution in [0.15, 0.2) is 61.5 Å². The number of nitrogens with zero attached hydrogens (tertiary/aromatic N) is 4. The number of anilines is 1. The van der Waals surface area contributed by atoms with Crippen molar-refractivity contribution in [3.63, 3.8) is 0 Å². The third-order valence-corrected chi connectivity index (χ3v) is 3.91. The lowest BCUT2D eigenvalue weighted by Gasteiger charge is -2.04. The molecular weight excluding hydrogens is 374 g/mol. The van der Waals surface area contributed by atoms with Gasteiger partial charge in [-0.15, -0.1) is 19.4 Å². The number of aromatic nitrogens is 3. The summed E-state index contributed by atoms with van der Waals surface area (Å²) in [5, 5.41) is 15.7. The second-order valence-corrected chi connectivity index (χ2v) is 5.66. The van der Waals surface area contributed by atoms with E-state index in [-0.39, 0.29) is 0 Å². The van der Waals surface area contributed by atoms with Crippen LogP contribution in [0.25, 0.3) is 11.2 Å². The molecule has 3 aromatic rings. The molecule has 1 aromatic carbocycles. The fourth-order valence-electron chi connectivity index (χ4n) is 2.52. The first kappa shape index (κ1) is 25.8. The predicted octanol–water partition coefficient (Wildman–Crippen LogP) is 4.68.